The van der Waals surface area contributed by atoms with Crippen molar-refractivity contribution in [3.05, 3.63) is 137 Å². The van der Waals surface area contributed by atoms with E-state index in [1.807, 2.05) is 0 Å². The van der Waals surface area contributed by atoms with Crippen LogP contribution in [-0.4, -0.2) is 11.3 Å². The summed E-state index contributed by atoms with van der Waals surface area (Å²) in [6.45, 7) is 25.1. The van der Waals surface area contributed by atoms with Crippen molar-refractivity contribution in [1.29, 1.82) is 0 Å². The van der Waals surface area contributed by atoms with Crippen molar-refractivity contribution in [2.45, 2.75) is 98.8 Å². The van der Waals surface area contributed by atoms with E-state index in [1.165, 1.54) is 66.9 Å². The van der Waals surface area contributed by atoms with Crippen molar-refractivity contribution in [2.24, 2.45) is 7.05 Å². The first-order valence-electron chi connectivity index (χ1n) is 21.1. The number of nitrogens with zero attached hydrogens (tertiary/aromatic N) is 2. The van der Waals surface area contributed by atoms with Crippen LogP contribution in [0.5, 0.6) is 23.0 Å². The zero-order valence-electron chi connectivity index (χ0n) is 36.3. The van der Waals surface area contributed by atoms with E-state index in [4.69, 9.17) is 9.47 Å². The molecule has 9 rings (SSSR count). The van der Waals surface area contributed by atoms with Crippen molar-refractivity contribution in [3.63, 3.8) is 0 Å². The Labute approximate surface area is 345 Å². The minimum absolute atomic E-state index is 0.000880. The van der Waals surface area contributed by atoms with Gasteiger partial charge in [-0.25, -0.2) is 4.57 Å². The molecule has 2 aliphatic rings. The van der Waals surface area contributed by atoms with Gasteiger partial charge >= 0.3 is 0 Å². The van der Waals surface area contributed by atoms with Crippen LogP contribution in [0.3, 0.4) is 0 Å². The number of para-hydroxylation sites is 1. The van der Waals surface area contributed by atoms with Crippen LogP contribution in [0.4, 0.5) is 0 Å². The van der Waals surface area contributed by atoms with E-state index < -0.39 is 0 Å². The SMILES string of the molecule is Cc1ccccc1-c1n(-c2c(C(C)C)cccc2C(C)C)c2cc(-c3cc4c5c(c3)Oc3ccc(C(C)(C)C)cc3B5c3cc(C(C)(C)C)ccc3O4)ccc2[n+]1C. The molecule has 4 nitrogen and oxygen atoms in total. The van der Waals surface area contributed by atoms with Crippen LogP contribution in [0.25, 0.3) is 39.2 Å². The minimum Gasteiger partial charge on any atom is -0.458 e. The quantitative estimate of drug-likeness (QED) is 0.129. The van der Waals surface area contributed by atoms with Gasteiger partial charge in [-0.05, 0) is 117 Å². The predicted octanol–water partition coefficient (Wildman–Crippen LogP) is 11.7. The van der Waals surface area contributed by atoms with Gasteiger partial charge in [-0.2, -0.15) is 4.57 Å². The number of aryl methyl sites for hydroxylation is 2. The standard InChI is InChI=1S/C53H56BN2O2/c1-31(2)38-18-15-19-39(32(3)4)50(38)56-44-26-34(20-23-43(44)55(12)51(56)40-17-14-13-16-33(40)5)35-27-47-49-48(28-35)58-46-25-22-37(53(9,10)11)30-42(46)54(49)41-29-36(52(6,7)8)21-24-45(41)57-47/h13-32H,1-12H3/q+1. The number of hydrogen-bond acceptors (Lipinski definition) is 2. The summed E-state index contributed by atoms with van der Waals surface area (Å²) in [4.78, 5) is 0. The van der Waals surface area contributed by atoms with Gasteiger partial charge in [0.15, 0.2) is 11.0 Å². The fourth-order valence-electron chi connectivity index (χ4n) is 9.27. The van der Waals surface area contributed by atoms with Gasteiger partial charge in [0.05, 0.1) is 12.6 Å². The van der Waals surface area contributed by atoms with Crippen molar-refractivity contribution in [3.8, 4) is 51.2 Å². The highest BCUT2D eigenvalue weighted by molar-refractivity contribution is 6.98. The van der Waals surface area contributed by atoms with Gasteiger partial charge in [-0.1, -0.05) is 130 Å². The van der Waals surface area contributed by atoms with Gasteiger partial charge < -0.3 is 9.47 Å². The molecule has 5 heteroatoms. The maximum atomic E-state index is 6.94. The van der Waals surface area contributed by atoms with Crippen molar-refractivity contribution >= 4 is 34.1 Å². The van der Waals surface area contributed by atoms with Crippen LogP contribution in [0, 0.1) is 6.92 Å². The third kappa shape index (κ3) is 6.08. The molecule has 0 radical (unpaired) electrons. The monoisotopic (exact) mass is 763 g/mol. The topological polar surface area (TPSA) is 27.3 Å². The molecule has 0 unspecified atom stereocenters. The number of fused-ring (bicyclic) bond motifs is 5. The Morgan fingerprint density at radius 3 is 1.66 bits per heavy atom. The van der Waals surface area contributed by atoms with E-state index in [-0.39, 0.29) is 17.5 Å². The van der Waals surface area contributed by atoms with Gasteiger partial charge in [0.25, 0.3) is 12.5 Å². The van der Waals surface area contributed by atoms with Crippen LogP contribution in [0.1, 0.15) is 109 Å². The van der Waals surface area contributed by atoms with Gasteiger partial charge in [-0.3, -0.25) is 0 Å². The number of imidazole rings is 1. The normalized spacial score (nSPS) is 13.4. The summed E-state index contributed by atoms with van der Waals surface area (Å²) < 4.78 is 18.8. The maximum Gasteiger partial charge on any atom is 0.295 e. The van der Waals surface area contributed by atoms with Crippen molar-refractivity contribution in [1.82, 2.24) is 4.57 Å². The first-order valence-corrected chi connectivity index (χ1v) is 21.1. The molecule has 1 aromatic heterocycles. The molecule has 292 valence electrons. The summed E-state index contributed by atoms with van der Waals surface area (Å²) in [6.07, 6.45) is 0. The van der Waals surface area contributed by atoms with Gasteiger partial charge in [0.2, 0.25) is 0 Å². The Bertz CT molecular complexity index is 2680. The molecule has 0 fully saturated rings. The molecule has 0 amide bonds. The second kappa shape index (κ2) is 13.5. The summed E-state index contributed by atoms with van der Waals surface area (Å²) in [5, 5.41) is 0. The lowest BCUT2D eigenvalue weighted by Crippen LogP contribution is -2.57. The van der Waals surface area contributed by atoms with Crippen molar-refractivity contribution in [2.75, 3.05) is 0 Å². The van der Waals surface area contributed by atoms with E-state index in [9.17, 15) is 0 Å². The highest BCUT2D eigenvalue weighted by Crippen LogP contribution is 2.42. The Hall–Kier alpha value is -5.55. The molecule has 3 heterocycles. The van der Waals surface area contributed by atoms with E-state index in [1.54, 1.807) is 0 Å². The third-order valence-corrected chi connectivity index (χ3v) is 12.6. The Balaban J connectivity index is 1.29. The van der Waals surface area contributed by atoms with Gasteiger partial charge in [0, 0.05) is 16.6 Å². The van der Waals surface area contributed by atoms with E-state index >= 15 is 0 Å². The second-order valence-electron chi connectivity index (χ2n) is 19.4. The highest BCUT2D eigenvalue weighted by Gasteiger charge is 2.42. The average molecular weight is 764 g/mol. The molecule has 58 heavy (non-hydrogen) atoms. The fraction of sp³-hybridized carbons (Fsp3) is 0.302. The smallest absolute Gasteiger partial charge is 0.295 e. The summed E-state index contributed by atoms with van der Waals surface area (Å²) in [5.41, 5.74) is 17.1. The van der Waals surface area contributed by atoms with Crippen molar-refractivity contribution < 1.29 is 14.0 Å². The molecule has 0 atom stereocenters. The first kappa shape index (κ1) is 38.0. The van der Waals surface area contributed by atoms with E-state index in [0.717, 1.165) is 39.6 Å². The zero-order chi connectivity index (χ0) is 41.0. The van der Waals surface area contributed by atoms with Gasteiger partial charge in [-0.15, -0.1) is 0 Å². The summed E-state index contributed by atoms with van der Waals surface area (Å²) >= 11 is 0. The fourth-order valence-corrected chi connectivity index (χ4v) is 9.27. The summed E-state index contributed by atoms with van der Waals surface area (Å²) in [7, 11) is 2.21. The largest absolute Gasteiger partial charge is 0.458 e. The molecule has 0 saturated heterocycles. The predicted molar refractivity (Wildman–Crippen MR) is 243 cm³/mol. The number of benzene rings is 6. The molecule has 0 saturated carbocycles. The molecule has 7 aromatic rings. The Morgan fingerprint density at radius 1 is 0.586 bits per heavy atom. The highest BCUT2D eigenvalue weighted by atomic mass is 16.5. The molecule has 2 aliphatic heterocycles. The molecule has 0 bridgehead atoms. The number of hydrogen-bond donors (Lipinski definition) is 0. The average Bonchev–Trinajstić information content (AvgIpc) is 3.46. The number of ether oxygens (including phenoxy) is 2. The van der Waals surface area contributed by atoms with Crippen LogP contribution < -0.4 is 30.4 Å². The lowest BCUT2D eigenvalue weighted by molar-refractivity contribution is -0.633. The summed E-state index contributed by atoms with van der Waals surface area (Å²) in [6, 6.07) is 40.6. The number of rotatable bonds is 5. The van der Waals surface area contributed by atoms with Gasteiger partial charge in [0.1, 0.15) is 28.7 Å². The van der Waals surface area contributed by atoms with Crippen LogP contribution in [0.2, 0.25) is 0 Å². The zero-order valence-corrected chi connectivity index (χ0v) is 36.3. The molecular weight excluding hydrogens is 707 g/mol. The first-order chi connectivity index (χ1) is 27.5. The van der Waals surface area contributed by atoms with Crippen LogP contribution >= 0.6 is 0 Å². The molecule has 0 aliphatic carbocycles. The Morgan fingerprint density at radius 2 is 1.14 bits per heavy atom. The number of aromatic nitrogens is 2. The lowest BCUT2D eigenvalue weighted by atomic mass is 9.34. The summed E-state index contributed by atoms with van der Waals surface area (Å²) in [5.74, 6) is 5.38. The maximum absolute atomic E-state index is 6.94. The second-order valence-corrected chi connectivity index (χ2v) is 19.4. The van der Waals surface area contributed by atoms with E-state index in [0.29, 0.717) is 11.8 Å². The van der Waals surface area contributed by atoms with E-state index in [2.05, 4.69) is 202 Å². The van der Waals surface area contributed by atoms with Crippen LogP contribution in [0.15, 0.2) is 109 Å². The molecule has 0 N–H and O–H groups in total. The molecular formula is C53H56BN2O2+. The minimum atomic E-state index is -0.00595. The van der Waals surface area contributed by atoms with Crippen LogP contribution in [-0.2, 0) is 17.9 Å². The lowest BCUT2D eigenvalue weighted by Gasteiger charge is -2.35. The molecule has 6 aromatic carbocycles. The molecule has 0 spiro atoms. The Kier molecular flexibility index (Phi) is 8.85. The third-order valence-electron chi connectivity index (χ3n) is 12.6.